The van der Waals surface area contributed by atoms with Crippen molar-refractivity contribution in [3.8, 4) is 0 Å². The first-order valence-corrected chi connectivity index (χ1v) is 12.8. The molecule has 1 aliphatic heterocycles. The third kappa shape index (κ3) is 4.40. The van der Waals surface area contributed by atoms with Gasteiger partial charge in [-0.05, 0) is 55.7 Å². The number of hydrogen-bond donors (Lipinski definition) is 1. The van der Waals surface area contributed by atoms with E-state index >= 15 is 0 Å². The number of carbonyl (C=O) groups is 1. The van der Waals surface area contributed by atoms with Crippen molar-refractivity contribution in [3.63, 3.8) is 0 Å². The zero-order chi connectivity index (χ0) is 23.5. The van der Waals surface area contributed by atoms with Crippen LogP contribution in [0.25, 0.3) is 16.7 Å². The van der Waals surface area contributed by atoms with Gasteiger partial charge in [-0.25, -0.2) is 0 Å². The largest absolute Gasteiger partial charge is 0.372 e. The molecule has 1 N–H and O–H groups in total. The van der Waals surface area contributed by atoms with E-state index in [1.807, 2.05) is 40.8 Å². The number of aromatic nitrogens is 4. The first kappa shape index (κ1) is 22.5. The summed E-state index contributed by atoms with van der Waals surface area (Å²) in [6.07, 6.45) is 4.32. The molecule has 0 aliphatic carbocycles. The fraction of sp³-hybridized carbons (Fsp3) is 0.360. The molecule has 8 nitrogen and oxygen atoms in total. The van der Waals surface area contributed by atoms with Crippen molar-refractivity contribution in [1.82, 2.24) is 19.2 Å². The summed E-state index contributed by atoms with van der Waals surface area (Å²) in [6.45, 7) is 4.86. The second kappa shape index (κ2) is 9.89. The highest BCUT2D eigenvalue weighted by Crippen LogP contribution is 2.24. The van der Waals surface area contributed by atoms with Crippen LogP contribution in [0.3, 0.4) is 0 Å². The standard InChI is InChI=1S/C25H28N6O2S/c1-2-3-16-30-23(33)20-8-4-5-9-21(20)31-24(30)27-28-25(31)34-17-22(32)26-18-10-12-19(13-11-18)29-14-6-7-15-29/h4-5,8-13H,2-3,6-7,14-17H2,1H3,(H,26,32). The van der Waals surface area contributed by atoms with E-state index in [4.69, 9.17) is 0 Å². The molecule has 34 heavy (non-hydrogen) atoms. The van der Waals surface area contributed by atoms with E-state index in [0.717, 1.165) is 37.1 Å². The number of para-hydroxylation sites is 1. The number of aryl methyl sites for hydroxylation is 1. The van der Waals surface area contributed by atoms with Crippen molar-refractivity contribution in [1.29, 1.82) is 0 Å². The van der Waals surface area contributed by atoms with Gasteiger partial charge in [-0.15, -0.1) is 10.2 Å². The number of amides is 1. The number of rotatable bonds is 8. The minimum Gasteiger partial charge on any atom is -0.372 e. The molecule has 1 amide bonds. The lowest BCUT2D eigenvalue weighted by Crippen LogP contribution is -2.23. The molecule has 1 fully saturated rings. The number of carbonyl (C=O) groups excluding carboxylic acids is 1. The molecule has 0 bridgehead atoms. The average molecular weight is 477 g/mol. The molecule has 0 radical (unpaired) electrons. The predicted molar refractivity (Wildman–Crippen MR) is 137 cm³/mol. The van der Waals surface area contributed by atoms with Gasteiger partial charge in [0.05, 0.1) is 16.7 Å². The summed E-state index contributed by atoms with van der Waals surface area (Å²) in [6, 6.07) is 15.5. The first-order chi connectivity index (χ1) is 16.7. The molecule has 2 aromatic heterocycles. The fourth-order valence-corrected chi connectivity index (χ4v) is 5.14. The van der Waals surface area contributed by atoms with Crippen LogP contribution in [0, 0.1) is 0 Å². The van der Waals surface area contributed by atoms with Gasteiger partial charge in [-0.1, -0.05) is 37.2 Å². The normalized spacial score (nSPS) is 13.7. The minimum absolute atomic E-state index is 0.0596. The summed E-state index contributed by atoms with van der Waals surface area (Å²) >= 11 is 1.31. The molecule has 0 unspecified atom stereocenters. The molecule has 0 atom stereocenters. The van der Waals surface area contributed by atoms with Gasteiger partial charge >= 0.3 is 0 Å². The van der Waals surface area contributed by atoms with E-state index in [2.05, 4.69) is 39.5 Å². The van der Waals surface area contributed by atoms with Crippen LogP contribution in [0.15, 0.2) is 58.5 Å². The maximum absolute atomic E-state index is 13.0. The number of benzene rings is 2. The number of nitrogens with zero attached hydrogens (tertiary/aromatic N) is 5. The molecule has 9 heteroatoms. The van der Waals surface area contributed by atoms with Gasteiger partial charge in [0, 0.05) is 31.0 Å². The van der Waals surface area contributed by atoms with Crippen LogP contribution in [0.1, 0.15) is 32.6 Å². The Labute approximate surface area is 202 Å². The fourth-order valence-electron chi connectivity index (χ4n) is 4.40. The van der Waals surface area contributed by atoms with Crippen molar-refractivity contribution in [3.05, 3.63) is 58.9 Å². The molecule has 2 aromatic carbocycles. The first-order valence-electron chi connectivity index (χ1n) is 11.8. The third-order valence-electron chi connectivity index (χ3n) is 6.17. The number of hydrogen-bond acceptors (Lipinski definition) is 6. The number of fused-ring (bicyclic) bond motifs is 3. The van der Waals surface area contributed by atoms with Gasteiger partial charge in [-0.3, -0.25) is 18.6 Å². The second-order valence-corrected chi connectivity index (χ2v) is 9.47. The third-order valence-corrected chi connectivity index (χ3v) is 7.10. The zero-order valence-electron chi connectivity index (χ0n) is 19.2. The van der Waals surface area contributed by atoms with Gasteiger partial charge in [0.1, 0.15) is 0 Å². The van der Waals surface area contributed by atoms with Gasteiger partial charge < -0.3 is 10.2 Å². The Hall–Kier alpha value is -3.33. The van der Waals surface area contributed by atoms with Crippen molar-refractivity contribution in [2.75, 3.05) is 29.1 Å². The predicted octanol–water partition coefficient (Wildman–Crippen LogP) is 4.18. The van der Waals surface area contributed by atoms with E-state index in [9.17, 15) is 9.59 Å². The molecule has 1 saturated heterocycles. The number of anilines is 2. The molecular weight excluding hydrogens is 448 g/mol. The van der Waals surface area contributed by atoms with Gasteiger partial charge in [0.15, 0.2) is 5.16 Å². The number of unbranched alkanes of at least 4 members (excludes halogenated alkanes) is 1. The summed E-state index contributed by atoms with van der Waals surface area (Å²) in [5.41, 5.74) is 2.66. The number of nitrogens with one attached hydrogen (secondary N) is 1. The van der Waals surface area contributed by atoms with E-state index < -0.39 is 0 Å². The summed E-state index contributed by atoms with van der Waals surface area (Å²) < 4.78 is 3.57. The Bertz CT molecular complexity index is 1370. The summed E-state index contributed by atoms with van der Waals surface area (Å²) in [5.74, 6) is 0.591. The molecule has 1 aliphatic rings. The van der Waals surface area contributed by atoms with Crippen LogP contribution in [0.4, 0.5) is 11.4 Å². The van der Waals surface area contributed by atoms with Gasteiger partial charge in [0.25, 0.3) is 5.56 Å². The molecular formula is C25H28N6O2S. The Morgan fingerprint density at radius 3 is 2.59 bits per heavy atom. The van der Waals surface area contributed by atoms with E-state index in [1.165, 1.54) is 30.3 Å². The highest BCUT2D eigenvalue weighted by molar-refractivity contribution is 7.99. The van der Waals surface area contributed by atoms with Crippen molar-refractivity contribution >= 4 is 45.7 Å². The summed E-state index contributed by atoms with van der Waals surface area (Å²) in [4.78, 5) is 28.1. The summed E-state index contributed by atoms with van der Waals surface area (Å²) in [7, 11) is 0. The van der Waals surface area contributed by atoms with E-state index in [-0.39, 0.29) is 17.2 Å². The van der Waals surface area contributed by atoms with E-state index in [1.54, 1.807) is 4.57 Å². The van der Waals surface area contributed by atoms with Crippen molar-refractivity contribution < 1.29 is 4.79 Å². The van der Waals surface area contributed by atoms with Crippen molar-refractivity contribution in [2.45, 2.75) is 44.3 Å². The van der Waals surface area contributed by atoms with Crippen LogP contribution in [0.2, 0.25) is 0 Å². The highest BCUT2D eigenvalue weighted by Gasteiger charge is 2.18. The van der Waals surface area contributed by atoms with E-state index in [0.29, 0.717) is 22.9 Å². The molecule has 176 valence electrons. The zero-order valence-corrected chi connectivity index (χ0v) is 20.1. The van der Waals surface area contributed by atoms with Crippen LogP contribution in [-0.4, -0.2) is 43.9 Å². The lowest BCUT2D eigenvalue weighted by atomic mass is 10.2. The quantitative estimate of drug-likeness (QED) is 0.384. The van der Waals surface area contributed by atoms with Crippen LogP contribution < -0.4 is 15.8 Å². The summed E-state index contributed by atoms with van der Waals surface area (Å²) in [5, 5.41) is 12.8. The maximum Gasteiger partial charge on any atom is 0.262 e. The smallest absolute Gasteiger partial charge is 0.262 e. The molecule has 0 spiro atoms. The molecule has 4 aromatic rings. The van der Waals surface area contributed by atoms with Crippen LogP contribution >= 0.6 is 11.8 Å². The topological polar surface area (TPSA) is 84.5 Å². The highest BCUT2D eigenvalue weighted by atomic mass is 32.2. The molecule has 5 rings (SSSR count). The minimum atomic E-state index is -0.112. The van der Waals surface area contributed by atoms with Crippen molar-refractivity contribution in [2.24, 2.45) is 0 Å². The Morgan fingerprint density at radius 2 is 1.82 bits per heavy atom. The molecule has 3 heterocycles. The van der Waals surface area contributed by atoms with Crippen LogP contribution in [-0.2, 0) is 11.3 Å². The Morgan fingerprint density at radius 1 is 1.06 bits per heavy atom. The average Bonchev–Trinajstić information content (AvgIpc) is 3.54. The maximum atomic E-state index is 13.0. The second-order valence-electron chi connectivity index (χ2n) is 8.52. The van der Waals surface area contributed by atoms with Gasteiger partial charge in [-0.2, -0.15) is 0 Å². The molecule has 0 saturated carbocycles. The lowest BCUT2D eigenvalue weighted by molar-refractivity contribution is -0.113. The Kier molecular flexibility index (Phi) is 6.53. The number of thioether (sulfide) groups is 1. The monoisotopic (exact) mass is 476 g/mol. The Balaban J connectivity index is 1.34. The van der Waals surface area contributed by atoms with Gasteiger partial charge in [0.2, 0.25) is 11.7 Å². The lowest BCUT2D eigenvalue weighted by Gasteiger charge is -2.17. The SMILES string of the molecule is CCCCn1c(=O)c2ccccc2n2c(SCC(=O)Nc3ccc(N4CCCC4)cc3)nnc12. The van der Waals surface area contributed by atoms with Crippen LogP contribution in [0.5, 0.6) is 0 Å².